The number of hydrogen-bond acceptors (Lipinski definition) is 3. The van der Waals surface area contributed by atoms with Gasteiger partial charge in [-0.2, -0.15) is 0 Å². The molecule has 0 fully saturated rings. The molecule has 0 spiro atoms. The van der Waals surface area contributed by atoms with Gasteiger partial charge in [-0.3, -0.25) is 9.59 Å². The number of carbonyl (C=O) groups excluding carboxylic acids is 1. The van der Waals surface area contributed by atoms with Crippen molar-refractivity contribution in [3.8, 4) is 5.75 Å². The zero-order valence-corrected chi connectivity index (χ0v) is 21.8. The van der Waals surface area contributed by atoms with E-state index in [0.717, 1.165) is 38.4 Å². The first-order valence-corrected chi connectivity index (χ1v) is 13.2. The largest absolute Gasteiger partial charge is 0.489 e. The molecule has 196 valence electrons. The molecule has 0 bridgehead atoms. The van der Waals surface area contributed by atoms with E-state index in [0.29, 0.717) is 30.0 Å². The Morgan fingerprint density at radius 3 is 2.20 bits per heavy atom. The summed E-state index contributed by atoms with van der Waals surface area (Å²) in [5.41, 5.74) is 5.00. The molecule has 40 heavy (non-hydrogen) atoms. The van der Waals surface area contributed by atoms with E-state index >= 15 is 0 Å². The number of hydrogen-bond donors (Lipinski definition) is 1. The third kappa shape index (κ3) is 5.36. The first-order valence-electron chi connectivity index (χ1n) is 13.2. The van der Waals surface area contributed by atoms with Crippen LogP contribution in [0, 0.1) is 0 Å². The Morgan fingerprint density at radius 1 is 0.700 bits per heavy atom. The average molecular weight is 526 g/mol. The van der Waals surface area contributed by atoms with Crippen molar-refractivity contribution < 1.29 is 19.4 Å². The van der Waals surface area contributed by atoms with E-state index in [2.05, 4.69) is 4.57 Å². The maximum atomic E-state index is 13.9. The van der Waals surface area contributed by atoms with Gasteiger partial charge in [-0.1, -0.05) is 91.0 Å². The highest BCUT2D eigenvalue weighted by Crippen LogP contribution is 2.30. The monoisotopic (exact) mass is 525 g/mol. The second-order valence-electron chi connectivity index (χ2n) is 9.90. The second kappa shape index (κ2) is 10.9. The van der Waals surface area contributed by atoms with Gasteiger partial charge in [0.25, 0.3) is 0 Å². The van der Waals surface area contributed by atoms with E-state index in [9.17, 15) is 9.59 Å². The fraction of sp³-hybridized carbons (Fsp3) is 0.0857. The van der Waals surface area contributed by atoms with Gasteiger partial charge in [0.15, 0.2) is 5.78 Å². The molecule has 5 aromatic carbocycles. The molecule has 1 aromatic heterocycles. The topological polar surface area (TPSA) is 68.5 Å². The van der Waals surface area contributed by atoms with E-state index in [-0.39, 0.29) is 12.2 Å². The Labute approximate surface area is 231 Å². The van der Waals surface area contributed by atoms with Gasteiger partial charge in [-0.05, 0) is 51.7 Å². The SMILES string of the molecule is O=C(O)Cc1ccc(Cn2cc(C(=O)c3ccc4ccccc4c3)c3cc(OCc4ccccc4)ccc32)cc1. The van der Waals surface area contributed by atoms with Crippen LogP contribution in [0.1, 0.15) is 32.6 Å². The number of rotatable bonds is 9. The number of aromatic nitrogens is 1. The smallest absolute Gasteiger partial charge is 0.307 e. The summed E-state index contributed by atoms with van der Waals surface area (Å²) in [6.45, 7) is 0.975. The summed E-state index contributed by atoms with van der Waals surface area (Å²) in [5, 5.41) is 12.0. The van der Waals surface area contributed by atoms with E-state index in [1.807, 2.05) is 121 Å². The quantitative estimate of drug-likeness (QED) is 0.201. The lowest BCUT2D eigenvalue weighted by atomic mass is 9.99. The molecule has 5 nitrogen and oxygen atoms in total. The van der Waals surface area contributed by atoms with Gasteiger partial charge < -0.3 is 14.4 Å². The lowest BCUT2D eigenvalue weighted by Crippen LogP contribution is -2.02. The van der Waals surface area contributed by atoms with E-state index in [4.69, 9.17) is 9.84 Å². The van der Waals surface area contributed by atoms with Crippen LogP contribution in [0.25, 0.3) is 21.7 Å². The van der Waals surface area contributed by atoms with Gasteiger partial charge in [0.1, 0.15) is 12.4 Å². The summed E-state index contributed by atoms with van der Waals surface area (Å²) in [6.07, 6.45) is 1.90. The standard InChI is InChI=1S/C35H27NO4/c37-34(38)18-24-10-12-25(13-11-24)21-36-22-32(35(39)29-15-14-27-8-4-5-9-28(27)19-29)31-20-30(16-17-33(31)36)40-23-26-6-2-1-3-7-26/h1-17,19-20,22H,18,21,23H2,(H,37,38). The highest BCUT2D eigenvalue weighted by Gasteiger charge is 2.18. The Balaban J connectivity index is 1.37. The summed E-state index contributed by atoms with van der Waals surface area (Å²) >= 11 is 0. The fourth-order valence-electron chi connectivity index (χ4n) is 5.04. The predicted octanol–water partition coefficient (Wildman–Crippen LogP) is 7.28. The number of aliphatic carboxylic acids is 1. The van der Waals surface area contributed by atoms with Gasteiger partial charge in [-0.25, -0.2) is 0 Å². The first kappa shape index (κ1) is 25.1. The molecule has 0 amide bonds. The lowest BCUT2D eigenvalue weighted by molar-refractivity contribution is -0.136. The number of benzene rings is 5. The highest BCUT2D eigenvalue weighted by atomic mass is 16.5. The highest BCUT2D eigenvalue weighted by molar-refractivity contribution is 6.17. The number of ketones is 1. The molecule has 0 aliphatic rings. The second-order valence-corrected chi connectivity index (χ2v) is 9.90. The molecular formula is C35H27NO4. The van der Waals surface area contributed by atoms with E-state index in [1.54, 1.807) is 0 Å². The number of ether oxygens (including phenoxy) is 1. The molecule has 1 N–H and O–H groups in total. The number of nitrogens with zero attached hydrogens (tertiary/aromatic N) is 1. The maximum Gasteiger partial charge on any atom is 0.307 e. The number of carbonyl (C=O) groups is 2. The van der Waals surface area contributed by atoms with Crippen molar-refractivity contribution in [2.45, 2.75) is 19.6 Å². The van der Waals surface area contributed by atoms with Gasteiger partial charge in [0.2, 0.25) is 0 Å². The summed E-state index contributed by atoms with van der Waals surface area (Å²) in [4.78, 5) is 25.0. The number of carboxylic acids is 1. The van der Waals surface area contributed by atoms with Crippen LogP contribution in [0.2, 0.25) is 0 Å². The number of fused-ring (bicyclic) bond motifs is 2. The molecule has 0 radical (unpaired) electrons. The molecule has 1 heterocycles. The summed E-state index contributed by atoms with van der Waals surface area (Å²) in [7, 11) is 0. The van der Waals surface area contributed by atoms with Crippen LogP contribution in [0.4, 0.5) is 0 Å². The van der Waals surface area contributed by atoms with Crippen LogP contribution in [0.3, 0.4) is 0 Å². The number of carboxylic acid groups (broad SMARTS) is 1. The third-order valence-corrected chi connectivity index (χ3v) is 7.09. The van der Waals surface area contributed by atoms with Gasteiger partial charge in [-0.15, -0.1) is 0 Å². The van der Waals surface area contributed by atoms with Crippen LogP contribution in [-0.4, -0.2) is 21.4 Å². The van der Waals surface area contributed by atoms with Crippen molar-refractivity contribution in [3.05, 3.63) is 149 Å². The summed E-state index contributed by atoms with van der Waals surface area (Å²) in [5.74, 6) is -0.211. The summed E-state index contributed by atoms with van der Waals surface area (Å²) < 4.78 is 8.17. The zero-order chi connectivity index (χ0) is 27.5. The molecule has 6 aromatic rings. The molecule has 6 rings (SSSR count). The molecule has 0 saturated heterocycles. The lowest BCUT2D eigenvalue weighted by Gasteiger charge is -2.09. The Hall–Kier alpha value is -5.16. The minimum Gasteiger partial charge on any atom is -0.489 e. The van der Waals surface area contributed by atoms with Crippen molar-refractivity contribution in [2.75, 3.05) is 0 Å². The molecule has 5 heteroatoms. The normalized spacial score (nSPS) is 11.1. The van der Waals surface area contributed by atoms with Crippen molar-refractivity contribution in [1.29, 1.82) is 0 Å². The van der Waals surface area contributed by atoms with Crippen LogP contribution in [-0.2, 0) is 24.4 Å². The molecule has 0 saturated carbocycles. The fourth-order valence-corrected chi connectivity index (χ4v) is 5.04. The molecule has 0 aliphatic carbocycles. The first-order chi connectivity index (χ1) is 19.5. The Kier molecular flexibility index (Phi) is 6.86. The Bertz CT molecular complexity index is 1840. The zero-order valence-electron chi connectivity index (χ0n) is 21.8. The van der Waals surface area contributed by atoms with Crippen LogP contribution >= 0.6 is 0 Å². The third-order valence-electron chi connectivity index (χ3n) is 7.09. The minimum atomic E-state index is -0.855. The van der Waals surface area contributed by atoms with Crippen molar-refractivity contribution in [1.82, 2.24) is 4.57 Å². The predicted molar refractivity (Wildman–Crippen MR) is 157 cm³/mol. The van der Waals surface area contributed by atoms with Crippen LogP contribution in [0.5, 0.6) is 5.75 Å². The van der Waals surface area contributed by atoms with Crippen molar-refractivity contribution in [3.63, 3.8) is 0 Å². The van der Waals surface area contributed by atoms with Gasteiger partial charge in [0, 0.05) is 34.8 Å². The van der Waals surface area contributed by atoms with E-state index < -0.39 is 5.97 Å². The Morgan fingerprint density at radius 2 is 1.43 bits per heavy atom. The van der Waals surface area contributed by atoms with Gasteiger partial charge in [0.05, 0.1) is 6.42 Å². The average Bonchev–Trinajstić information content (AvgIpc) is 3.34. The van der Waals surface area contributed by atoms with Crippen molar-refractivity contribution in [2.24, 2.45) is 0 Å². The van der Waals surface area contributed by atoms with Crippen molar-refractivity contribution >= 4 is 33.4 Å². The molecular weight excluding hydrogens is 498 g/mol. The molecule has 0 unspecified atom stereocenters. The minimum absolute atomic E-state index is 0.0110. The maximum absolute atomic E-state index is 13.9. The van der Waals surface area contributed by atoms with E-state index in [1.165, 1.54) is 0 Å². The van der Waals surface area contributed by atoms with Crippen LogP contribution < -0.4 is 4.74 Å². The van der Waals surface area contributed by atoms with Gasteiger partial charge >= 0.3 is 5.97 Å². The molecule has 0 atom stereocenters. The molecule has 0 aliphatic heterocycles. The van der Waals surface area contributed by atoms with Crippen LogP contribution in [0.15, 0.2) is 121 Å². The summed E-state index contributed by atoms with van der Waals surface area (Å²) in [6, 6.07) is 37.2.